The average Bonchev–Trinajstić information content (AvgIpc) is 3.23. The molecule has 3 aromatic rings. The first kappa shape index (κ1) is 25.2. The van der Waals surface area contributed by atoms with Gasteiger partial charge in [0, 0.05) is 5.56 Å². The monoisotopic (exact) mass is 481 g/mol. The van der Waals surface area contributed by atoms with Crippen molar-refractivity contribution in [2.24, 2.45) is 5.92 Å². The third kappa shape index (κ3) is 5.39. The lowest BCUT2D eigenvalue weighted by molar-refractivity contribution is -0.121. The number of hydrogen-bond acceptors (Lipinski definition) is 6. The van der Waals surface area contributed by atoms with Gasteiger partial charge in [-0.05, 0) is 63.1 Å². The summed E-state index contributed by atoms with van der Waals surface area (Å²) in [5, 5.41) is 20.7. The van der Waals surface area contributed by atoms with Crippen molar-refractivity contribution in [3.63, 3.8) is 0 Å². The predicted octanol–water partition coefficient (Wildman–Crippen LogP) is 5.01. The van der Waals surface area contributed by atoms with E-state index >= 15 is 0 Å². The minimum atomic E-state index is -1.00. The molecular formula is C25H28FN5O2S. The Balaban J connectivity index is 1.97. The first-order valence-electron chi connectivity index (χ1n) is 11.0. The zero-order valence-corrected chi connectivity index (χ0v) is 20.7. The first-order valence-corrected chi connectivity index (χ1v) is 11.9. The number of amides is 1. The van der Waals surface area contributed by atoms with Crippen LogP contribution >= 0.6 is 11.8 Å². The Labute approximate surface area is 203 Å². The molecule has 34 heavy (non-hydrogen) atoms. The number of benzene rings is 2. The Hall–Kier alpha value is -3.38. The van der Waals surface area contributed by atoms with Gasteiger partial charge in [0.1, 0.15) is 17.1 Å². The van der Waals surface area contributed by atoms with Gasteiger partial charge < -0.3 is 10.1 Å². The highest BCUT2D eigenvalue weighted by molar-refractivity contribution is 8.00. The molecule has 9 heteroatoms. The van der Waals surface area contributed by atoms with E-state index in [1.807, 2.05) is 45.0 Å². The Morgan fingerprint density at radius 2 is 1.88 bits per heavy atom. The van der Waals surface area contributed by atoms with Gasteiger partial charge in [0.05, 0.1) is 23.6 Å². The van der Waals surface area contributed by atoms with Crippen LogP contribution in [-0.4, -0.2) is 38.1 Å². The quantitative estimate of drug-likeness (QED) is 0.432. The second kappa shape index (κ2) is 10.7. The molecule has 1 aromatic heterocycles. The molecular weight excluding hydrogens is 453 g/mol. The van der Waals surface area contributed by atoms with Gasteiger partial charge in [-0.15, -0.1) is 10.2 Å². The van der Waals surface area contributed by atoms with Gasteiger partial charge >= 0.3 is 0 Å². The van der Waals surface area contributed by atoms with Crippen LogP contribution in [0.15, 0.2) is 53.7 Å². The zero-order valence-electron chi connectivity index (χ0n) is 19.9. The van der Waals surface area contributed by atoms with E-state index in [0.29, 0.717) is 23.3 Å². The standard InChI is InChI=1S/C25H28FN5O2S/c1-6-33-19-13-11-18(12-14-19)22-29-30-24(31(22)21-10-8-7-9-20(21)26)34-17(4)23(32)28-25(5,15-27)16(2)3/h7-14,16-17H,6H2,1-5H3,(H,28,32). The fourth-order valence-electron chi connectivity index (χ4n) is 3.12. The molecule has 0 bridgehead atoms. The molecule has 0 aliphatic heterocycles. The fourth-order valence-corrected chi connectivity index (χ4v) is 3.98. The number of thioether (sulfide) groups is 1. The van der Waals surface area contributed by atoms with Gasteiger partial charge in [0.15, 0.2) is 11.0 Å². The lowest BCUT2D eigenvalue weighted by atomic mass is 9.90. The Morgan fingerprint density at radius 3 is 2.47 bits per heavy atom. The second-order valence-electron chi connectivity index (χ2n) is 8.27. The molecule has 0 spiro atoms. The molecule has 1 N–H and O–H groups in total. The predicted molar refractivity (Wildman–Crippen MR) is 130 cm³/mol. The van der Waals surface area contributed by atoms with Crippen molar-refractivity contribution in [2.45, 2.75) is 50.6 Å². The van der Waals surface area contributed by atoms with Crippen LogP contribution in [0.5, 0.6) is 5.75 Å². The Morgan fingerprint density at radius 1 is 1.21 bits per heavy atom. The van der Waals surface area contributed by atoms with Crippen LogP contribution in [-0.2, 0) is 4.79 Å². The van der Waals surface area contributed by atoms with E-state index in [9.17, 15) is 14.4 Å². The number of nitrogens with one attached hydrogen (secondary N) is 1. The first-order chi connectivity index (χ1) is 16.2. The van der Waals surface area contributed by atoms with Crippen molar-refractivity contribution in [1.29, 1.82) is 5.26 Å². The van der Waals surface area contributed by atoms with Crippen LogP contribution in [0.4, 0.5) is 4.39 Å². The van der Waals surface area contributed by atoms with Crippen molar-refractivity contribution >= 4 is 17.7 Å². The summed E-state index contributed by atoms with van der Waals surface area (Å²) in [4.78, 5) is 12.9. The van der Waals surface area contributed by atoms with Gasteiger partial charge in [-0.1, -0.05) is 37.7 Å². The number of carbonyl (C=O) groups is 1. The van der Waals surface area contributed by atoms with E-state index in [0.717, 1.165) is 17.3 Å². The third-order valence-corrected chi connectivity index (χ3v) is 6.61. The van der Waals surface area contributed by atoms with Crippen LogP contribution in [0.25, 0.3) is 17.1 Å². The maximum Gasteiger partial charge on any atom is 0.234 e. The van der Waals surface area contributed by atoms with Crippen LogP contribution in [0.3, 0.4) is 0 Å². The molecule has 1 heterocycles. The molecule has 178 valence electrons. The van der Waals surface area contributed by atoms with E-state index in [4.69, 9.17) is 4.74 Å². The van der Waals surface area contributed by atoms with Crippen molar-refractivity contribution < 1.29 is 13.9 Å². The normalized spacial score (nSPS) is 13.7. The minimum Gasteiger partial charge on any atom is -0.494 e. The van der Waals surface area contributed by atoms with Crippen LogP contribution in [0.1, 0.15) is 34.6 Å². The average molecular weight is 482 g/mol. The summed E-state index contributed by atoms with van der Waals surface area (Å²) >= 11 is 1.15. The van der Waals surface area contributed by atoms with Gasteiger partial charge in [-0.3, -0.25) is 9.36 Å². The Bertz CT molecular complexity index is 1190. The Kier molecular flexibility index (Phi) is 7.94. The van der Waals surface area contributed by atoms with E-state index < -0.39 is 16.6 Å². The molecule has 0 saturated heterocycles. The highest BCUT2D eigenvalue weighted by Gasteiger charge is 2.32. The third-order valence-electron chi connectivity index (χ3n) is 5.57. The van der Waals surface area contributed by atoms with Crippen molar-refractivity contribution in [2.75, 3.05) is 6.61 Å². The van der Waals surface area contributed by atoms with Crippen molar-refractivity contribution in [3.05, 3.63) is 54.3 Å². The van der Waals surface area contributed by atoms with Gasteiger partial charge in [0.2, 0.25) is 5.91 Å². The highest BCUT2D eigenvalue weighted by atomic mass is 32.2. The number of nitriles is 1. The fraction of sp³-hybridized carbons (Fsp3) is 0.360. The number of halogens is 1. The van der Waals surface area contributed by atoms with Gasteiger partial charge in [-0.25, -0.2) is 4.39 Å². The zero-order chi connectivity index (χ0) is 24.9. The number of nitrogens with zero attached hydrogens (tertiary/aromatic N) is 4. The summed E-state index contributed by atoms with van der Waals surface area (Å²) in [6, 6.07) is 15.8. The maximum absolute atomic E-state index is 14.8. The molecule has 0 fully saturated rings. The summed E-state index contributed by atoms with van der Waals surface area (Å²) in [7, 11) is 0. The maximum atomic E-state index is 14.8. The molecule has 2 unspecified atom stereocenters. The summed E-state index contributed by atoms with van der Waals surface area (Å²) in [6.45, 7) is 9.61. The number of hydrogen-bond donors (Lipinski definition) is 1. The van der Waals surface area contributed by atoms with E-state index in [1.54, 1.807) is 36.6 Å². The SMILES string of the molecule is CCOc1ccc(-c2nnc(SC(C)C(=O)NC(C)(C#N)C(C)C)n2-c2ccccc2F)cc1. The molecule has 7 nitrogen and oxygen atoms in total. The van der Waals surface area contributed by atoms with Crippen molar-refractivity contribution in [1.82, 2.24) is 20.1 Å². The molecule has 2 atom stereocenters. The highest BCUT2D eigenvalue weighted by Crippen LogP contribution is 2.32. The number of carbonyl (C=O) groups excluding carboxylic acids is 1. The smallest absolute Gasteiger partial charge is 0.234 e. The topological polar surface area (TPSA) is 92.8 Å². The lowest BCUT2D eigenvalue weighted by Gasteiger charge is -2.28. The minimum absolute atomic E-state index is 0.0769. The van der Waals surface area contributed by atoms with Crippen LogP contribution in [0.2, 0.25) is 0 Å². The number of aromatic nitrogens is 3. The largest absolute Gasteiger partial charge is 0.494 e. The van der Waals surface area contributed by atoms with E-state index in [1.165, 1.54) is 6.07 Å². The molecule has 0 aliphatic rings. The van der Waals surface area contributed by atoms with Gasteiger partial charge in [0.25, 0.3) is 0 Å². The van der Waals surface area contributed by atoms with E-state index in [-0.39, 0.29) is 17.5 Å². The molecule has 0 radical (unpaired) electrons. The summed E-state index contributed by atoms with van der Waals surface area (Å²) in [6.07, 6.45) is 0. The molecule has 0 saturated carbocycles. The number of para-hydroxylation sites is 1. The summed E-state index contributed by atoms with van der Waals surface area (Å²) in [5.74, 6) is 0.326. The van der Waals surface area contributed by atoms with Crippen LogP contribution < -0.4 is 10.1 Å². The summed E-state index contributed by atoms with van der Waals surface area (Å²) in [5.41, 5.74) is -0.00552. The lowest BCUT2D eigenvalue weighted by Crippen LogP contribution is -2.51. The molecule has 3 rings (SSSR count). The molecule has 1 amide bonds. The molecule has 2 aromatic carbocycles. The number of ether oxygens (including phenoxy) is 1. The summed E-state index contributed by atoms with van der Waals surface area (Å²) < 4.78 is 21.9. The van der Waals surface area contributed by atoms with E-state index in [2.05, 4.69) is 21.6 Å². The second-order valence-corrected chi connectivity index (χ2v) is 9.58. The van der Waals surface area contributed by atoms with Crippen LogP contribution in [0, 0.1) is 23.1 Å². The van der Waals surface area contributed by atoms with Gasteiger partial charge in [-0.2, -0.15) is 5.26 Å². The number of rotatable bonds is 9. The molecule has 0 aliphatic carbocycles. The van der Waals surface area contributed by atoms with Crippen molar-refractivity contribution in [3.8, 4) is 28.9 Å².